The zero-order chi connectivity index (χ0) is 26.0. The number of hydrogen-bond donors (Lipinski definition) is 2. The van der Waals surface area contributed by atoms with E-state index in [4.69, 9.17) is 16.9 Å². The van der Waals surface area contributed by atoms with Crippen molar-refractivity contribution < 1.29 is 27.9 Å². The maximum atomic E-state index is 15.4. The number of nitrogens with zero attached hydrogens (tertiary/aromatic N) is 2. The van der Waals surface area contributed by atoms with E-state index in [2.05, 4.69) is 10.3 Å². The molecule has 1 unspecified atom stereocenters. The topological polar surface area (TPSA) is 103 Å². The monoisotopic (exact) mass is 509 g/mol. The summed E-state index contributed by atoms with van der Waals surface area (Å²) in [6.45, 7) is 0. The van der Waals surface area contributed by atoms with Gasteiger partial charge in [-0.3, -0.25) is 9.78 Å². The minimum atomic E-state index is -1.64. The van der Waals surface area contributed by atoms with E-state index in [1.165, 1.54) is 24.4 Å². The molecule has 0 saturated heterocycles. The number of hydrogen-bond acceptors (Lipinski definition) is 4. The molecule has 0 radical (unpaired) electrons. The molecular formula is C26H15ClF3N3O3. The van der Waals surface area contributed by atoms with E-state index < -0.39 is 47.4 Å². The van der Waals surface area contributed by atoms with Gasteiger partial charge in [0.2, 0.25) is 0 Å². The summed E-state index contributed by atoms with van der Waals surface area (Å²) in [5, 5.41) is 21.3. The molecule has 0 aliphatic rings. The lowest BCUT2D eigenvalue weighted by Gasteiger charge is -2.18. The van der Waals surface area contributed by atoms with Crippen LogP contribution in [-0.2, 0) is 11.2 Å². The summed E-state index contributed by atoms with van der Waals surface area (Å²) in [7, 11) is 0. The number of fused-ring (bicyclic) bond motifs is 1. The van der Waals surface area contributed by atoms with Gasteiger partial charge in [0, 0.05) is 34.2 Å². The van der Waals surface area contributed by atoms with Crippen LogP contribution >= 0.6 is 11.6 Å². The minimum Gasteiger partial charge on any atom is -0.480 e. The SMILES string of the molecule is N#Cc1ccc(-c2c(F)cc(CC(NC(=O)c3c(F)cccc3F)C(=O)O)c3cccnc23)c(Cl)c1. The Balaban J connectivity index is 1.76. The van der Waals surface area contributed by atoms with E-state index in [9.17, 15) is 23.5 Å². The van der Waals surface area contributed by atoms with Crippen LogP contribution in [0.25, 0.3) is 22.0 Å². The van der Waals surface area contributed by atoms with Crippen LogP contribution in [0.1, 0.15) is 21.5 Å². The Hall–Kier alpha value is -4.42. The average molecular weight is 510 g/mol. The fourth-order valence-electron chi connectivity index (χ4n) is 3.86. The number of amides is 1. The fourth-order valence-corrected chi connectivity index (χ4v) is 4.13. The van der Waals surface area contributed by atoms with Crippen LogP contribution in [-0.4, -0.2) is 28.0 Å². The Morgan fingerprint density at radius 2 is 1.78 bits per heavy atom. The smallest absolute Gasteiger partial charge is 0.326 e. The summed E-state index contributed by atoms with van der Waals surface area (Å²) < 4.78 is 43.4. The van der Waals surface area contributed by atoms with Gasteiger partial charge in [0.1, 0.15) is 29.1 Å². The van der Waals surface area contributed by atoms with Crippen LogP contribution in [0.3, 0.4) is 0 Å². The van der Waals surface area contributed by atoms with Crippen molar-refractivity contribution in [2.24, 2.45) is 0 Å². The number of rotatable bonds is 6. The molecule has 4 aromatic rings. The van der Waals surface area contributed by atoms with Gasteiger partial charge in [0.25, 0.3) is 5.91 Å². The lowest BCUT2D eigenvalue weighted by molar-refractivity contribution is -0.139. The number of carboxylic acid groups (broad SMARTS) is 1. The molecule has 2 N–H and O–H groups in total. The molecular weight excluding hydrogens is 495 g/mol. The van der Waals surface area contributed by atoms with Gasteiger partial charge in [-0.2, -0.15) is 5.26 Å². The predicted octanol–water partition coefficient (Wildman–Crippen LogP) is 5.27. The van der Waals surface area contributed by atoms with Crippen LogP contribution in [0.4, 0.5) is 13.2 Å². The molecule has 4 rings (SSSR count). The van der Waals surface area contributed by atoms with Crippen molar-refractivity contribution in [2.75, 3.05) is 0 Å². The summed E-state index contributed by atoms with van der Waals surface area (Å²) in [5.41, 5.74) is 0.0480. The summed E-state index contributed by atoms with van der Waals surface area (Å²) in [6.07, 6.45) is 1.02. The molecule has 1 amide bonds. The first-order valence-electron chi connectivity index (χ1n) is 10.4. The van der Waals surface area contributed by atoms with Crippen molar-refractivity contribution in [1.82, 2.24) is 10.3 Å². The fraction of sp³-hybridized carbons (Fsp3) is 0.0769. The van der Waals surface area contributed by atoms with E-state index in [1.54, 1.807) is 12.1 Å². The molecule has 6 nitrogen and oxygen atoms in total. The third-order valence-electron chi connectivity index (χ3n) is 5.52. The second-order valence-corrected chi connectivity index (χ2v) is 8.17. The lowest BCUT2D eigenvalue weighted by Crippen LogP contribution is -2.43. The van der Waals surface area contributed by atoms with Gasteiger partial charge >= 0.3 is 5.97 Å². The normalized spacial score (nSPS) is 11.6. The first-order valence-corrected chi connectivity index (χ1v) is 10.8. The predicted molar refractivity (Wildman–Crippen MR) is 126 cm³/mol. The summed E-state index contributed by atoms with van der Waals surface area (Å²) in [5.74, 6) is -5.82. The summed E-state index contributed by atoms with van der Waals surface area (Å²) in [6, 6.07) is 11.7. The molecule has 180 valence electrons. The molecule has 1 atom stereocenters. The maximum Gasteiger partial charge on any atom is 0.326 e. The second kappa shape index (κ2) is 10.1. The Bertz CT molecular complexity index is 1550. The number of nitrogens with one attached hydrogen (secondary N) is 1. The molecule has 0 spiro atoms. The van der Waals surface area contributed by atoms with Crippen molar-refractivity contribution in [3.63, 3.8) is 0 Å². The highest BCUT2D eigenvalue weighted by Crippen LogP contribution is 2.37. The van der Waals surface area contributed by atoms with Crippen LogP contribution in [0.5, 0.6) is 0 Å². The van der Waals surface area contributed by atoms with Gasteiger partial charge in [-0.05, 0) is 42.0 Å². The first-order chi connectivity index (χ1) is 17.2. The van der Waals surface area contributed by atoms with E-state index in [1.807, 2.05) is 6.07 Å². The highest BCUT2D eigenvalue weighted by Gasteiger charge is 2.27. The molecule has 0 aliphatic carbocycles. The number of carbonyl (C=O) groups excluding carboxylic acids is 1. The van der Waals surface area contributed by atoms with Crippen LogP contribution < -0.4 is 5.32 Å². The number of pyridine rings is 1. The largest absolute Gasteiger partial charge is 0.480 e. The number of carboxylic acids is 1. The van der Waals surface area contributed by atoms with Crippen LogP contribution in [0, 0.1) is 28.8 Å². The zero-order valence-corrected chi connectivity index (χ0v) is 19.0. The van der Waals surface area contributed by atoms with E-state index >= 15 is 4.39 Å². The molecule has 1 heterocycles. The number of benzene rings is 3. The van der Waals surface area contributed by atoms with Crippen molar-refractivity contribution >= 4 is 34.4 Å². The van der Waals surface area contributed by atoms with Gasteiger partial charge < -0.3 is 10.4 Å². The molecule has 3 aromatic carbocycles. The van der Waals surface area contributed by atoms with E-state index in [0.717, 1.165) is 24.3 Å². The highest BCUT2D eigenvalue weighted by molar-refractivity contribution is 6.33. The molecule has 0 saturated carbocycles. The van der Waals surface area contributed by atoms with Gasteiger partial charge in [0.05, 0.1) is 17.1 Å². The molecule has 0 aliphatic heterocycles. The van der Waals surface area contributed by atoms with E-state index in [0.29, 0.717) is 5.39 Å². The standard InChI is InChI=1S/C26H15ClF3N3O3/c27-17-9-13(12-31)6-7-16(17)22-20(30)10-14(15-3-2-8-32-24(15)22)11-21(26(35)36)33-25(34)23-18(28)4-1-5-19(23)29/h1-10,21H,11H2,(H,33,34)(H,35,36). The molecule has 36 heavy (non-hydrogen) atoms. The maximum absolute atomic E-state index is 15.4. The Labute approximate surface area is 207 Å². The van der Waals surface area contributed by atoms with Gasteiger partial charge in [-0.25, -0.2) is 18.0 Å². The Morgan fingerprint density at radius 3 is 2.42 bits per heavy atom. The number of nitriles is 1. The molecule has 10 heteroatoms. The lowest BCUT2D eigenvalue weighted by atomic mass is 9.94. The number of halogens is 4. The second-order valence-electron chi connectivity index (χ2n) is 7.76. The van der Waals surface area contributed by atoms with Gasteiger partial charge in [0.15, 0.2) is 0 Å². The van der Waals surface area contributed by atoms with Crippen molar-refractivity contribution in [2.45, 2.75) is 12.5 Å². The Morgan fingerprint density at radius 1 is 1.06 bits per heavy atom. The number of aromatic nitrogens is 1. The van der Waals surface area contributed by atoms with Crippen LogP contribution in [0.15, 0.2) is 60.8 Å². The van der Waals surface area contributed by atoms with Crippen molar-refractivity contribution in [3.05, 3.63) is 100.0 Å². The third kappa shape index (κ3) is 4.72. The van der Waals surface area contributed by atoms with E-state index in [-0.39, 0.29) is 32.8 Å². The van der Waals surface area contributed by atoms with Crippen molar-refractivity contribution in [3.8, 4) is 17.2 Å². The molecule has 0 fully saturated rings. The van der Waals surface area contributed by atoms with Crippen LogP contribution in [0.2, 0.25) is 5.02 Å². The Kier molecular flexibility index (Phi) is 6.90. The number of aliphatic carboxylic acids is 1. The molecule has 0 bridgehead atoms. The summed E-state index contributed by atoms with van der Waals surface area (Å²) >= 11 is 6.29. The van der Waals surface area contributed by atoms with Gasteiger partial charge in [-0.15, -0.1) is 0 Å². The third-order valence-corrected chi connectivity index (χ3v) is 5.83. The zero-order valence-electron chi connectivity index (χ0n) is 18.2. The quantitative estimate of drug-likeness (QED) is 0.368. The van der Waals surface area contributed by atoms with Gasteiger partial charge in [-0.1, -0.05) is 29.8 Å². The van der Waals surface area contributed by atoms with Crippen molar-refractivity contribution in [1.29, 1.82) is 5.26 Å². The summed E-state index contributed by atoms with van der Waals surface area (Å²) in [4.78, 5) is 28.6. The minimum absolute atomic E-state index is 0.0492. The molecule has 1 aromatic heterocycles. The first kappa shape index (κ1) is 24.7. The number of carbonyl (C=O) groups is 2. The highest BCUT2D eigenvalue weighted by atomic mass is 35.5. The average Bonchev–Trinajstić information content (AvgIpc) is 2.84.